The monoisotopic (exact) mass is 297 g/mol. The van der Waals surface area contributed by atoms with Crippen molar-refractivity contribution in [2.24, 2.45) is 5.41 Å². The second-order valence-corrected chi connectivity index (χ2v) is 6.58. The van der Waals surface area contributed by atoms with E-state index in [0.717, 1.165) is 24.8 Å². The lowest BCUT2D eigenvalue weighted by atomic mass is 9.80. The van der Waals surface area contributed by atoms with E-state index >= 15 is 0 Å². The molecule has 2 heterocycles. The summed E-state index contributed by atoms with van der Waals surface area (Å²) in [5, 5.41) is 5.91. The minimum absolute atomic E-state index is 0.308. The highest BCUT2D eigenvalue weighted by atomic mass is 32.1. The Kier molecular flexibility index (Phi) is 4.99. The molecule has 0 atom stereocenters. The van der Waals surface area contributed by atoms with Crippen LogP contribution in [0.25, 0.3) is 0 Å². The first-order valence-corrected chi connectivity index (χ1v) is 7.95. The van der Waals surface area contributed by atoms with Gasteiger partial charge in [-0.15, -0.1) is 11.3 Å². The predicted molar refractivity (Wildman–Crippen MR) is 81.4 cm³/mol. The average molecular weight is 297 g/mol. The number of hydrogen-bond acceptors (Lipinski definition) is 6. The highest BCUT2D eigenvalue weighted by Crippen LogP contribution is 2.31. The first-order chi connectivity index (χ1) is 9.52. The van der Waals surface area contributed by atoms with E-state index in [1.165, 1.54) is 24.2 Å². The van der Waals surface area contributed by atoms with Gasteiger partial charge in [0.15, 0.2) is 10.8 Å². The van der Waals surface area contributed by atoms with Gasteiger partial charge in [-0.3, -0.25) is 0 Å². The quantitative estimate of drug-likeness (QED) is 0.846. The lowest BCUT2D eigenvalue weighted by molar-refractivity contribution is 0.0520. The van der Waals surface area contributed by atoms with Gasteiger partial charge in [-0.1, -0.05) is 6.92 Å². The molecule has 1 aliphatic rings. The van der Waals surface area contributed by atoms with Crippen molar-refractivity contribution in [3.63, 3.8) is 0 Å². The highest BCUT2D eigenvalue weighted by Gasteiger charge is 2.28. The van der Waals surface area contributed by atoms with Gasteiger partial charge in [0, 0.05) is 11.9 Å². The molecule has 2 rings (SSSR count). The van der Waals surface area contributed by atoms with E-state index in [1.807, 2.05) is 0 Å². The van der Waals surface area contributed by atoms with E-state index in [-0.39, 0.29) is 5.97 Å². The summed E-state index contributed by atoms with van der Waals surface area (Å²) in [5.74, 6) is -0.345. The predicted octanol–water partition coefficient (Wildman–Crippen LogP) is 2.46. The maximum absolute atomic E-state index is 11.6. The summed E-state index contributed by atoms with van der Waals surface area (Å²) in [5.41, 5.74) is 0.704. The third-order valence-electron chi connectivity index (χ3n) is 3.85. The molecule has 0 aliphatic carbocycles. The molecule has 0 bridgehead atoms. The first kappa shape index (κ1) is 15.3. The Morgan fingerprint density at radius 1 is 1.55 bits per heavy atom. The van der Waals surface area contributed by atoms with Crippen molar-refractivity contribution in [2.45, 2.75) is 26.7 Å². The molecule has 1 fully saturated rings. The second kappa shape index (κ2) is 6.54. The highest BCUT2D eigenvalue weighted by molar-refractivity contribution is 7.13. The number of carbonyl (C=O) groups excluding carboxylic acids is 1. The maximum atomic E-state index is 11.6. The summed E-state index contributed by atoms with van der Waals surface area (Å²) in [7, 11) is 2.17. The van der Waals surface area contributed by atoms with Gasteiger partial charge < -0.3 is 15.0 Å². The number of carbonyl (C=O) groups is 1. The lowest BCUT2D eigenvalue weighted by Gasteiger charge is -2.37. The van der Waals surface area contributed by atoms with Crippen LogP contribution >= 0.6 is 11.3 Å². The van der Waals surface area contributed by atoms with Gasteiger partial charge >= 0.3 is 5.97 Å². The van der Waals surface area contributed by atoms with E-state index in [1.54, 1.807) is 12.3 Å². The van der Waals surface area contributed by atoms with Crippen molar-refractivity contribution < 1.29 is 9.53 Å². The van der Waals surface area contributed by atoms with E-state index in [4.69, 9.17) is 4.74 Å². The number of nitrogens with one attached hydrogen (secondary N) is 1. The Labute approximate surface area is 124 Å². The molecule has 1 aromatic rings. The van der Waals surface area contributed by atoms with Crippen molar-refractivity contribution >= 4 is 22.4 Å². The number of thiazole rings is 1. The molecule has 0 saturated carbocycles. The summed E-state index contributed by atoms with van der Waals surface area (Å²) in [4.78, 5) is 18.2. The van der Waals surface area contributed by atoms with Crippen LogP contribution in [0.3, 0.4) is 0 Å². The molecule has 112 valence electrons. The zero-order valence-electron chi connectivity index (χ0n) is 12.4. The fourth-order valence-electron chi connectivity index (χ4n) is 2.28. The molecule has 1 N–H and O–H groups in total. The Bertz CT molecular complexity index is 453. The molecule has 5 nitrogen and oxygen atoms in total. The van der Waals surface area contributed by atoms with Gasteiger partial charge in [0.1, 0.15) is 0 Å². The number of hydrogen-bond donors (Lipinski definition) is 1. The number of likely N-dealkylation sites (tertiary alicyclic amines) is 1. The second-order valence-electron chi connectivity index (χ2n) is 5.73. The summed E-state index contributed by atoms with van der Waals surface area (Å²) in [6, 6.07) is 0. The van der Waals surface area contributed by atoms with Gasteiger partial charge in [-0.05, 0) is 45.3 Å². The minimum Gasteiger partial charge on any atom is -0.461 e. The minimum atomic E-state index is -0.345. The molecule has 1 saturated heterocycles. The molecule has 0 radical (unpaired) electrons. The van der Waals surface area contributed by atoms with E-state index in [0.29, 0.717) is 17.7 Å². The smallest absolute Gasteiger partial charge is 0.357 e. The third kappa shape index (κ3) is 3.93. The number of rotatable bonds is 5. The fourth-order valence-corrected chi connectivity index (χ4v) is 2.96. The third-order valence-corrected chi connectivity index (χ3v) is 4.65. The summed E-state index contributed by atoms with van der Waals surface area (Å²) < 4.78 is 4.94. The Morgan fingerprint density at radius 2 is 2.25 bits per heavy atom. The fraction of sp³-hybridized carbons (Fsp3) is 0.714. The van der Waals surface area contributed by atoms with Crippen molar-refractivity contribution in [1.82, 2.24) is 9.88 Å². The Morgan fingerprint density at radius 3 is 2.90 bits per heavy atom. The molecule has 0 aromatic carbocycles. The average Bonchev–Trinajstić information content (AvgIpc) is 2.90. The van der Waals surface area contributed by atoms with Crippen LogP contribution in [-0.2, 0) is 4.74 Å². The van der Waals surface area contributed by atoms with Gasteiger partial charge in [0.2, 0.25) is 0 Å². The van der Waals surface area contributed by atoms with Gasteiger partial charge in [-0.2, -0.15) is 0 Å². The number of esters is 1. The molecule has 1 aromatic heterocycles. The van der Waals surface area contributed by atoms with Crippen molar-refractivity contribution in [3.8, 4) is 0 Å². The molecule has 1 aliphatic heterocycles. The molecule has 20 heavy (non-hydrogen) atoms. The lowest BCUT2D eigenvalue weighted by Crippen LogP contribution is -2.40. The van der Waals surface area contributed by atoms with Crippen molar-refractivity contribution in [1.29, 1.82) is 0 Å². The standard InChI is InChI=1S/C14H23N3O2S/c1-4-19-12(18)11-9-20-13(16-11)15-10-14(2)5-7-17(3)8-6-14/h9H,4-8,10H2,1-3H3,(H,15,16). The Hall–Kier alpha value is -1.14. The van der Waals surface area contributed by atoms with Crippen LogP contribution in [0.1, 0.15) is 37.2 Å². The summed E-state index contributed by atoms with van der Waals surface area (Å²) in [6.07, 6.45) is 2.37. The van der Waals surface area contributed by atoms with Crippen LogP contribution in [0.2, 0.25) is 0 Å². The van der Waals surface area contributed by atoms with Crippen LogP contribution in [0.4, 0.5) is 5.13 Å². The molecule has 0 amide bonds. The number of aromatic nitrogens is 1. The van der Waals surface area contributed by atoms with Crippen LogP contribution in [0, 0.1) is 5.41 Å². The number of ether oxygens (including phenoxy) is 1. The van der Waals surface area contributed by atoms with E-state index < -0.39 is 0 Å². The number of piperidine rings is 1. The topological polar surface area (TPSA) is 54.5 Å². The van der Waals surface area contributed by atoms with Crippen LogP contribution in [0.15, 0.2) is 5.38 Å². The van der Waals surface area contributed by atoms with Crippen LogP contribution in [-0.4, -0.2) is 49.1 Å². The zero-order chi connectivity index (χ0) is 14.6. The van der Waals surface area contributed by atoms with Gasteiger partial charge in [0.25, 0.3) is 0 Å². The van der Waals surface area contributed by atoms with Crippen molar-refractivity contribution in [3.05, 3.63) is 11.1 Å². The Balaban J connectivity index is 1.86. The molecule has 0 unspecified atom stereocenters. The normalized spacial score (nSPS) is 18.8. The first-order valence-electron chi connectivity index (χ1n) is 7.07. The molecular weight excluding hydrogens is 274 g/mol. The molecule has 6 heteroatoms. The van der Waals surface area contributed by atoms with Crippen molar-refractivity contribution in [2.75, 3.05) is 38.6 Å². The summed E-state index contributed by atoms with van der Waals surface area (Å²) in [6.45, 7) is 7.67. The largest absolute Gasteiger partial charge is 0.461 e. The number of anilines is 1. The summed E-state index contributed by atoms with van der Waals surface area (Å²) >= 11 is 1.46. The van der Waals surface area contributed by atoms with Gasteiger partial charge in [-0.25, -0.2) is 9.78 Å². The van der Waals surface area contributed by atoms with Gasteiger partial charge in [0.05, 0.1) is 6.61 Å². The van der Waals surface area contributed by atoms with Crippen LogP contribution in [0.5, 0.6) is 0 Å². The molecule has 0 spiro atoms. The van der Waals surface area contributed by atoms with E-state index in [2.05, 4.69) is 29.2 Å². The van der Waals surface area contributed by atoms with Crippen LogP contribution < -0.4 is 5.32 Å². The SMILES string of the molecule is CCOC(=O)c1csc(NCC2(C)CCN(C)CC2)n1. The maximum Gasteiger partial charge on any atom is 0.357 e. The number of nitrogens with zero attached hydrogens (tertiary/aromatic N) is 2. The molecular formula is C14H23N3O2S. The zero-order valence-corrected chi connectivity index (χ0v) is 13.3. The van der Waals surface area contributed by atoms with E-state index in [9.17, 15) is 4.79 Å².